The van der Waals surface area contributed by atoms with Crippen molar-refractivity contribution in [3.8, 4) is 0 Å². The van der Waals surface area contributed by atoms with E-state index in [1.54, 1.807) is 0 Å². The van der Waals surface area contributed by atoms with E-state index in [-0.39, 0.29) is 6.10 Å². The maximum absolute atomic E-state index is 9.84. The minimum atomic E-state index is -0.0336. The Morgan fingerprint density at radius 1 is 1.25 bits per heavy atom. The first-order valence-electron chi connectivity index (χ1n) is 5.26. The topological polar surface area (TPSA) is 20.2 Å². The van der Waals surface area contributed by atoms with Crippen molar-refractivity contribution in [1.29, 1.82) is 0 Å². The molecule has 0 unspecified atom stereocenters. The maximum atomic E-state index is 9.84. The van der Waals surface area contributed by atoms with E-state index >= 15 is 0 Å². The molecular weight excluding hydrogens is 148 g/mol. The molecule has 0 spiro atoms. The molecule has 0 heterocycles. The molecule has 2 atom stereocenters. The lowest BCUT2D eigenvalue weighted by molar-refractivity contribution is 0.000993. The highest BCUT2D eigenvalue weighted by Crippen LogP contribution is 2.40. The quantitative estimate of drug-likeness (QED) is 0.675. The largest absolute Gasteiger partial charge is 0.393 e. The summed E-state index contributed by atoms with van der Waals surface area (Å²) in [4.78, 5) is 0. The van der Waals surface area contributed by atoms with Crippen molar-refractivity contribution >= 4 is 0 Å². The molecule has 1 aliphatic rings. The minimum absolute atomic E-state index is 0.0336. The predicted molar refractivity (Wildman–Crippen MR) is 52.0 cm³/mol. The third kappa shape index (κ3) is 2.01. The molecule has 0 amide bonds. The Kier molecular flexibility index (Phi) is 3.16. The van der Waals surface area contributed by atoms with Crippen molar-refractivity contribution in [2.75, 3.05) is 0 Å². The Hall–Kier alpha value is -0.0400. The molecular formula is C11H22O. The first-order chi connectivity index (χ1) is 5.58. The number of rotatable bonds is 2. The Bertz CT molecular complexity index is 140. The van der Waals surface area contributed by atoms with Gasteiger partial charge < -0.3 is 5.11 Å². The Balaban J connectivity index is 2.58. The highest BCUT2D eigenvalue weighted by atomic mass is 16.3. The van der Waals surface area contributed by atoms with Crippen LogP contribution in [0.5, 0.6) is 0 Å². The molecule has 1 N–H and O–H groups in total. The fourth-order valence-corrected chi connectivity index (χ4v) is 2.29. The van der Waals surface area contributed by atoms with E-state index in [9.17, 15) is 5.11 Å². The van der Waals surface area contributed by atoms with Gasteiger partial charge in [0.05, 0.1) is 6.10 Å². The summed E-state index contributed by atoms with van der Waals surface area (Å²) in [5, 5.41) is 9.84. The lowest BCUT2D eigenvalue weighted by Crippen LogP contribution is -2.36. The third-order valence-electron chi connectivity index (χ3n) is 3.64. The molecule has 1 fully saturated rings. The highest BCUT2D eigenvalue weighted by molar-refractivity contribution is 4.85. The second kappa shape index (κ2) is 3.78. The lowest BCUT2D eigenvalue weighted by Gasteiger charge is -2.39. The molecule has 0 aromatic rings. The Morgan fingerprint density at radius 3 is 2.33 bits per heavy atom. The van der Waals surface area contributed by atoms with Crippen LogP contribution in [0.4, 0.5) is 0 Å². The summed E-state index contributed by atoms with van der Waals surface area (Å²) >= 11 is 0. The van der Waals surface area contributed by atoms with Crippen LogP contribution in [0, 0.1) is 11.3 Å². The zero-order valence-corrected chi connectivity index (χ0v) is 8.64. The zero-order chi connectivity index (χ0) is 9.19. The van der Waals surface area contributed by atoms with Crippen molar-refractivity contribution in [3.63, 3.8) is 0 Å². The van der Waals surface area contributed by atoms with Gasteiger partial charge in [0.15, 0.2) is 0 Å². The van der Waals surface area contributed by atoms with E-state index in [1.807, 2.05) is 0 Å². The van der Waals surface area contributed by atoms with Crippen LogP contribution in [-0.4, -0.2) is 11.2 Å². The summed E-state index contributed by atoms with van der Waals surface area (Å²) in [5.41, 5.74) is 0.333. The van der Waals surface area contributed by atoms with E-state index in [0.29, 0.717) is 11.3 Å². The van der Waals surface area contributed by atoms with Gasteiger partial charge in [-0.25, -0.2) is 0 Å². The first kappa shape index (κ1) is 10.0. The van der Waals surface area contributed by atoms with E-state index in [1.165, 1.54) is 25.7 Å². The van der Waals surface area contributed by atoms with Gasteiger partial charge in [-0.3, -0.25) is 0 Å². The van der Waals surface area contributed by atoms with Gasteiger partial charge in [0.1, 0.15) is 0 Å². The van der Waals surface area contributed by atoms with E-state index in [0.717, 1.165) is 6.42 Å². The SMILES string of the molecule is CCC(C)(C)[C@H]1CCCC[C@H]1O. The van der Waals surface area contributed by atoms with E-state index in [4.69, 9.17) is 0 Å². The molecule has 0 saturated heterocycles. The maximum Gasteiger partial charge on any atom is 0.0573 e. The van der Waals surface area contributed by atoms with Crippen molar-refractivity contribution < 1.29 is 5.11 Å². The molecule has 1 aliphatic carbocycles. The fourth-order valence-electron chi connectivity index (χ4n) is 2.29. The van der Waals surface area contributed by atoms with Crippen molar-refractivity contribution in [3.05, 3.63) is 0 Å². The van der Waals surface area contributed by atoms with Crippen LogP contribution in [0.3, 0.4) is 0 Å². The molecule has 0 aliphatic heterocycles. The molecule has 0 aromatic heterocycles. The van der Waals surface area contributed by atoms with Gasteiger partial charge in [-0.1, -0.05) is 40.0 Å². The normalized spacial score (nSPS) is 32.0. The lowest BCUT2D eigenvalue weighted by atomic mass is 9.68. The second-order valence-corrected chi connectivity index (χ2v) is 4.80. The molecule has 0 aromatic carbocycles. The van der Waals surface area contributed by atoms with Gasteiger partial charge in [0.2, 0.25) is 0 Å². The Labute approximate surface area is 76.2 Å². The van der Waals surface area contributed by atoms with Crippen LogP contribution in [0.25, 0.3) is 0 Å². The molecule has 72 valence electrons. The zero-order valence-electron chi connectivity index (χ0n) is 8.64. The minimum Gasteiger partial charge on any atom is -0.393 e. The summed E-state index contributed by atoms with van der Waals surface area (Å²) in [5.74, 6) is 0.538. The number of hydrogen-bond acceptors (Lipinski definition) is 1. The standard InChI is InChI=1S/C11H22O/c1-4-11(2,3)9-7-5-6-8-10(9)12/h9-10,12H,4-8H2,1-3H3/t9-,10+/m0/s1. The van der Waals surface area contributed by atoms with Crippen LogP contribution < -0.4 is 0 Å². The third-order valence-corrected chi connectivity index (χ3v) is 3.64. The summed E-state index contributed by atoms with van der Waals surface area (Å²) in [7, 11) is 0. The fraction of sp³-hybridized carbons (Fsp3) is 1.00. The molecule has 0 radical (unpaired) electrons. The summed E-state index contributed by atoms with van der Waals surface area (Å²) in [6, 6.07) is 0. The van der Waals surface area contributed by atoms with Crippen LogP contribution >= 0.6 is 0 Å². The van der Waals surface area contributed by atoms with Gasteiger partial charge in [-0.15, -0.1) is 0 Å². The molecule has 12 heavy (non-hydrogen) atoms. The van der Waals surface area contributed by atoms with E-state index < -0.39 is 0 Å². The van der Waals surface area contributed by atoms with E-state index in [2.05, 4.69) is 20.8 Å². The highest BCUT2D eigenvalue weighted by Gasteiger charge is 2.34. The molecule has 1 saturated carbocycles. The van der Waals surface area contributed by atoms with Gasteiger partial charge in [0.25, 0.3) is 0 Å². The average Bonchev–Trinajstić information content (AvgIpc) is 2.05. The second-order valence-electron chi connectivity index (χ2n) is 4.80. The van der Waals surface area contributed by atoms with Crippen molar-refractivity contribution in [2.24, 2.45) is 11.3 Å². The summed E-state index contributed by atoms with van der Waals surface area (Å²) < 4.78 is 0. The first-order valence-corrected chi connectivity index (χ1v) is 5.26. The van der Waals surface area contributed by atoms with Crippen molar-refractivity contribution in [2.45, 2.75) is 59.0 Å². The number of hydrogen-bond donors (Lipinski definition) is 1. The summed E-state index contributed by atoms with van der Waals surface area (Å²) in [6.45, 7) is 6.79. The van der Waals surface area contributed by atoms with Gasteiger partial charge in [-0.2, -0.15) is 0 Å². The van der Waals surface area contributed by atoms with Gasteiger partial charge in [0, 0.05) is 0 Å². The monoisotopic (exact) mass is 170 g/mol. The number of aliphatic hydroxyl groups is 1. The van der Waals surface area contributed by atoms with Crippen LogP contribution in [0.2, 0.25) is 0 Å². The van der Waals surface area contributed by atoms with Gasteiger partial charge in [-0.05, 0) is 24.2 Å². The smallest absolute Gasteiger partial charge is 0.0573 e. The Morgan fingerprint density at radius 2 is 1.83 bits per heavy atom. The average molecular weight is 170 g/mol. The predicted octanol–water partition coefficient (Wildman–Crippen LogP) is 2.97. The molecule has 0 bridgehead atoms. The number of aliphatic hydroxyl groups excluding tert-OH is 1. The summed E-state index contributed by atoms with van der Waals surface area (Å²) in [6.07, 6.45) is 5.92. The van der Waals surface area contributed by atoms with Crippen LogP contribution in [-0.2, 0) is 0 Å². The molecule has 1 nitrogen and oxygen atoms in total. The van der Waals surface area contributed by atoms with Crippen LogP contribution in [0.15, 0.2) is 0 Å². The molecule has 1 heteroatoms. The van der Waals surface area contributed by atoms with Gasteiger partial charge >= 0.3 is 0 Å². The van der Waals surface area contributed by atoms with Crippen LogP contribution in [0.1, 0.15) is 52.9 Å². The van der Waals surface area contributed by atoms with Crippen molar-refractivity contribution in [1.82, 2.24) is 0 Å². The molecule has 1 rings (SSSR count).